The van der Waals surface area contributed by atoms with Gasteiger partial charge in [0.25, 0.3) is 0 Å². The van der Waals surface area contributed by atoms with Crippen molar-refractivity contribution >= 4 is 5.69 Å². The Labute approximate surface area is 90.0 Å². The molecule has 0 aliphatic rings. The first-order valence-corrected chi connectivity index (χ1v) is 4.77. The molecule has 1 rings (SSSR count). The van der Waals surface area contributed by atoms with Crippen molar-refractivity contribution in [1.82, 2.24) is 0 Å². The number of rotatable bonds is 5. The second-order valence-corrected chi connectivity index (χ2v) is 3.13. The third-order valence-electron chi connectivity index (χ3n) is 1.91. The summed E-state index contributed by atoms with van der Waals surface area (Å²) in [6, 6.07) is 7.31. The predicted molar refractivity (Wildman–Crippen MR) is 63.4 cm³/mol. The molecule has 0 bridgehead atoms. The maximum absolute atomic E-state index is 5.64. The highest BCUT2D eigenvalue weighted by Crippen LogP contribution is 2.17. The van der Waals surface area contributed by atoms with E-state index < -0.39 is 0 Å². The largest absolute Gasteiger partial charge is 0.486 e. The van der Waals surface area contributed by atoms with Crippen molar-refractivity contribution in [3.63, 3.8) is 0 Å². The van der Waals surface area contributed by atoms with Gasteiger partial charge >= 0.3 is 0 Å². The van der Waals surface area contributed by atoms with Gasteiger partial charge in [-0.25, -0.2) is 0 Å². The Morgan fingerprint density at radius 3 is 2.87 bits per heavy atom. The zero-order chi connectivity index (χ0) is 11.1. The highest BCUT2D eigenvalue weighted by molar-refractivity contribution is 5.43. The molecule has 0 heterocycles. The summed E-state index contributed by atoms with van der Waals surface area (Å²) >= 11 is 0. The highest BCUT2D eigenvalue weighted by atomic mass is 16.5. The smallest absolute Gasteiger partial charge is 0.122 e. The van der Waals surface area contributed by atoms with Gasteiger partial charge in [-0.15, -0.1) is 0 Å². The van der Waals surface area contributed by atoms with Crippen LogP contribution in [0.3, 0.4) is 0 Å². The Kier molecular flexibility index (Phi) is 4.29. The fourth-order valence-corrected chi connectivity index (χ4v) is 1.17. The minimum absolute atomic E-state index is 0.0772. The van der Waals surface area contributed by atoms with Crippen LogP contribution in [-0.4, -0.2) is 6.10 Å². The third-order valence-corrected chi connectivity index (χ3v) is 1.91. The van der Waals surface area contributed by atoms with E-state index in [0.717, 1.165) is 5.75 Å². The average molecular weight is 204 g/mol. The lowest BCUT2D eigenvalue weighted by atomic mass is 10.2. The minimum atomic E-state index is -0.0772. The molecule has 0 spiro atoms. The van der Waals surface area contributed by atoms with Crippen LogP contribution < -0.4 is 16.2 Å². The molecule has 1 aromatic rings. The molecule has 0 amide bonds. The molecule has 1 aromatic carbocycles. The van der Waals surface area contributed by atoms with E-state index >= 15 is 0 Å². The molecule has 1 atom stereocenters. The van der Waals surface area contributed by atoms with Crippen molar-refractivity contribution in [3.05, 3.63) is 49.2 Å². The second-order valence-electron chi connectivity index (χ2n) is 3.13. The summed E-state index contributed by atoms with van der Waals surface area (Å²) in [4.78, 5) is 0. The number of anilines is 1. The average Bonchev–Trinajstić information content (AvgIpc) is 2.24. The van der Waals surface area contributed by atoms with Crippen LogP contribution >= 0.6 is 0 Å². The molecule has 3 heteroatoms. The lowest BCUT2D eigenvalue weighted by molar-refractivity contribution is 0.253. The van der Waals surface area contributed by atoms with Gasteiger partial charge in [0.15, 0.2) is 0 Å². The maximum atomic E-state index is 5.64. The number of nitrogens with two attached hydrogens (primary N) is 2. The van der Waals surface area contributed by atoms with Crippen LogP contribution in [-0.2, 0) is 0 Å². The summed E-state index contributed by atoms with van der Waals surface area (Å²) in [5.41, 5.74) is 11.6. The zero-order valence-corrected chi connectivity index (χ0v) is 8.60. The van der Waals surface area contributed by atoms with Crippen LogP contribution in [0.4, 0.5) is 5.69 Å². The van der Waals surface area contributed by atoms with Gasteiger partial charge in [0.2, 0.25) is 0 Å². The van der Waals surface area contributed by atoms with E-state index in [-0.39, 0.29) is 6.10 Å². The Morgan fingerprint density at radius 2 is 2.27 bits per heavy atom. The fourth-order valence-electron chi connectivity index (χ4n) is 1.17. The van der Waals surface area contributed by atoms with E-state index in [0.29, 0.717) is 12.1 Å². The number of nitrogen functional groups attached to an aromatic ring is 1. The molecule has 0 aromatic heterocycles. The number of benzene rings is 1. The van der Waals surface area contributed by atoms with E-state index in [1.54, 1.807) is 12.1 Å². The minimum Gasteiger partial charge on any atom is -0.486 e. The summed E-state index contributed by atoms with van der Waals surface area (Å²) in [7, 11) is 0. The Balaban J connectivity index is 2.62. The highest BCUT2D eigenvalue weighted by Gasteiger charge is 2.03. The Hall–Kier alpha value is -1.90. The van der Waals surface area contributed by atoms with Crippen molar-refractivity contribution in [2.24, 2.45) is 5.73 Å². The molecular formula is C12H16N2O. The first-order chi connectivity index (χ1) is 7.26. The summed E-state index contributed by atoms with van der Waals surface area (Å²) in [5.74, 6) is 0.741. The Morgan fingerprint density at radius 1 is 1.47 bits per heavy atom. The molecule has 0 radical (unpaired) electrons. The van der Waals surface area contributed by atoms with Crippen LogP contribution in [0.15, 0.2) is 49.2 Å². The molecule has 0 aliphatic carbocycles. The molecule has 80 valence electrons. The first kappa shape index (κ1) is 11.2. The van der Waals surface area contributed by atoms with Gasteiger partial charge in [0.05, 0.1) is 0 Å². The van der Waals surface area contributed by atoms with Crippen LogP contribution in [0.1, 0.15) is 6.42 Å². The lowest BCUT2D eigenvalue weighted by Crippen LogP contribution is -2.12. The molecule has 0 saturated carbocycles. The summed E-state index contributed by atoms with van der Waals surface area (Å²) < 4.78 is 5.64. The van der Waals surface area contributed by atoms with Crippen molar-refractivity contribution < 1.29 is 4.74 Å². The number of ether oxygens (including phenoxy) is 1. The third kappa shape index (κ3) is 3.77. The van der Waals surface area contributed by atoms with Gasteiger partial charge in [-0.3, -0.25) is 0 Å². The molecule has 0 fully saturated rings. The van der Waals surface area contributed by atoms with Crippen LogP contribution in [0.5, 0.6) is 5.75 Å². The molecule has 3 nitrogen and oxygen atoms in total. The van der Waals surface area contributed by atoms with Gasteiger partial charge in [-0.1, -0.05) is 24.8 Å². The Bertz CT molecular complexity index is 347. The second kappa shape index (κ2) is 5.75. The van der Waals surface area contributed by atoms with Crippen LogP contribution in [0.2, 0.25) is 0 Å². The SMILES string of the molecule is C=CC(C/C=C/N)Oc1cccc(N)c1. The molecule has 0 saturated heterocycles. The van der Waals surface area contributed by atoms with Crippen molar-refractivity contribution in [3.8, 4) is 5.75 Å². The molecule has 4 N–H and O–H groups in total. The fraction of sp³-hybridized carbons (Fsp3) is 0.167. The molecular weight excluding hydrogens is 188 g/mol. The summed E-state index contributed by atoms with van der Waals surface area (Å²) in [6.45, 7) is 3.70. The maximum Gasteiger partial charge on any atom is 0.122 e. The van der Waals surface area contributed by atoms with Gasteiger partial charge in [-0.05, 0) is 18.3 Å². The molecule has 1 unspecified atom stereocenters. The van der Waals surface area contributed by atoms with E-state index in [1.165, 1.54) is 6.20 Å². The normalized spacial score (nSPS) is 12.5. The number of hydrogen-bond donors (Lipinski definition) is 2. The molecule has 0 aliphatic heterocycles. The van der Waals surface area contributed by atoms with Gasteiger partial charge in [0, 0.05) is 18.2 Å². The summed E-state index contributed by atoms with van der Waals surface area (Å²) in [5, 5.41) is 0. The van der Waals surface area contributed by atoms with Gasteiger partial charge in [0.1, 0.15) is 11.9 Å². The predicted octanol–water partition coefficient (Wildman–Crippen LogP) is 2.06. The van der Waals surface area contributed by atoms with Gasteiger partial charge < -0.3 is 16.2 Å². The molecule has 15 heavy (non-hydrogen) atoms. The van der Waals surface area contributed by atoms with E-state index in [2.05, 4.69) is 6.58 Å². The van der Waals surface area contributed by atoms with Gasteiger partial charge in [-0.2, -0.15) is 0 Å². The monoisotopic (exact) mass is 204 g/mol. The topological polar surface area (TPSA) is 61.3 Å². The zero-order valence-electron chi connectivity index (χ0n) is 8.60. The van der Waals surface area contributed by atoms with Crippen LogP contribution in [0.25, 0.3) is 0 Å². The van der Waals surface area contributed by atoms with E-state index in [4.69, 9.17) is 16.2 Å². The van der Waals surface area contributed by atoms with E-state index in [9.17, 15) is 0 Å². The van der Waals surface area contributed by atoms with Crippen LogP contribution in [0, 0.1) is 0 Å². The standard InChI is InChI=1S/C12H16N2O/c1-2-11(7-4-8-13)15-12-6-3-5-10(14)9-12/h2-6,8-9,11H,1,7,13-14H2/b8-4+. The van der Waals surface area contributed by atoms with Crippen molar-refractivity contribution in [2.45, 2.75) is 12.5 Å². The van der Waals surface area contributed by atoms with Crippen molar-refractivity contribution in [1.29, 1.82) is 0 Å². The van der Waals surface area contributed by atoms with E-state index in [1.807, 2.05) is 24.3 Å². The summed E-state index contributed by atoms with van der Waals surface area (Å²) in [6.07, 6.45) is 5.70. The first-order valence-electron chi connectivity index (χ1n) is 4.77. The van der Waals surface area contributed by atoms with Crippen molar-refractivity contribution in [2.75, 3.05) is 5.73 Å². The quantitative estimate of drug-likeness (QED) is 0.570. The number of hydrogen-bond acceptors (Lipinski definition) is 3. The lowest BCUT2D eigenvalue weighted by Gasteiger charge is -2.13.